The molecule has 2 N–H and O–H groups in total. The fourth-order valence-corrected chi connectivity index (χ4v) is 3.36. The summed E-state index contributed by atoms with van der Waals surface area (Å²) < 4.78 is 26.6. The molecule has 1 aromatic rings. The van der Waals surface area contributed by atoms with Crippen molar-refractivity contribution in [1.29, 1.82) is 0 Å². The number of nitrogens with zero attached hydrogens (tertiary/aromatic N) is 1. The molecule has 2 unspecified atom stereocenters. The summed E-state index contributed by atoms with van der Waals surface area (Å²) in [6, 6.07) is 1.35. The zero-order valence-corrected chi connectivity index (χ0v) is 11.4. The van der Waals surface area contributed by atoms with E-state index in [4.69, 9.17) is 5.73 Å². The average Bonchev–Trinajstić information content (AvgIpc) is 2.71. The summed E-state index contributed by atoms with van der Waals surface area (Å²) in [5.74, 6) is -3.26. The number of amides is 2. The maximum Gasteiger partial charge on any atom is 0.261 e. The van der Waals surface area contributed by atoms with Crippen LogP contribution in [-0.2, 0) is 0 Å². The lowest BCUT2D eigenvalue weighted by molar-refractivity contribution is 0.0478. The van der Waals surface area contributed by atoms with Crippen molar-refractivity contribution < 1.29 is 18.4 Å². The van der Waals surface area contributed by atoms with Gasteiger partial charge in [0.25, 0.3) is 11.8 Å². The maximum atomic E-state index is 13.3. The summed E-state index contributed by atoms with van der Waals surface area (Å²) in [7, 11) is 0. The van der Waals surface area contributed by atoms with Crippen molar-refractivity contribution in [3.63, 3.8) is 0 Å². The Morgan fingerprint density at radius 3 is 2.10 bits per heavy atom. The molecule has 0 saturated heterocycles. The van der Waals surface area contributed by atoms with E-state index in [9.17, 15) is 18.4 Å². The minimum Gasteiger partial charge on any atom is -0.330 e. The van der Waals surface area contributed by atoms with Gasteiger partial charge in [-0.05, 0) is 37.4 Å². The molecule has 4 nitrogen and oxygen atoms in total. The van der Waals surface area contributed by atoms with Gasteiger partial charge in [0.1, 0.15) is 0 Å². The summed E-state index contributed by atoms with van der Waals surface area (Å²) in [4.78, 5) is 26.0. The highest BCUT2D eigenvalue weighted by atomic mass is 19.2. The van der Waals surface area contributed by atoms with E-state index in [0.29, 0.717) is 13.0 Å². The third-order valence-corrected chi connectivity index (χ3v) is 4.46. The fraction of sp³-hybridized carbons (Fsp3) is 0.467. The van der Waals surface area contributed by atoms with Gasteiger partial charge >= 0.3 is 0 Å². The molecule has 2 amide bonds. The van der Waals surface area contributed by atoms with Gasteiger partial charge in [-0.2, -0.15) is 0 Å². The first-order valence-electron chi connectivity index (χ1n) is 7.11. The Morgan fingerprint density at radius 1 is 1.05 bits per heavy atom. The molecule has 1 aliphatic heterocycles. The molecule has 112 valence electrons. The molecule has 1 heterocycles. The Balaban J connectivity index is 1.99. The minimum absolute atomic E-state index is 0.0515. The number of carbonyl (C=O) groups is 2. The summed E-state index contributed by atoms with van der Waals surface area (Å²) in [6.07, 6.45) is 3.48. The Morgan fingerprint density at radius 2 is 1.57 bits per heavy atom. The number of benzene rings is 1. The van der Waals surface area contributed by atoms with E-state index in [1.165, 1.54) is 0 Å². The first-order valence-corrected chi connectivity index (χ1v) is 7.11. The highest BCUT2D eigenvalue weighted by molar-refractivity contribution is 6.21. The number of rotatable bonds is 2. The van der Waals surface area contributed by atoms with Crippen molar-refractivity contribution in [2.75, 3.05) is 6.54 Å². The van der Waals surface area contributed by atoms with Crippen LogP contribution >= 0.6 is 0 Å². The summed E-state index contributed by atoms with van der Waals surface area (Å²) in [6.45, 7) is 0.390. The largest absolute Gasteiger partial charge is 0.330 e. The van der Waals surface area contributed by atoms with E-state index < -0.39 is 23.4 Å². The second-order valence-electron chi connectivity index (χ2n) is 5.64. The highest BCUT2D eigenvalue weighted by Gasteiger charge is 2.43. The van der Waals surface area contributed by atoms with Crippen LogP contribution < -0.4 is 5.73 Å². The van der Waals surface area contributed by atoms with Crippen LogP contribution in [0.1, 0.15) is 46.4 Å². The van der Waals surface area contributed by atoms with E-state index in [1.54, 1.807) is 0 Å². The van der Waals surface area contributed by atoms with Gasteiger partial charge in [-0.1, -0.05) is 12.8 Å². The van der Waals surface area contributed by atoms with Crippen LogP contribution in [0, 0.1) is 17.6 Å². The van der Waals surface area contributed by atoms with E-state index in [-0.39, 0.29) is 23.1 Å². The zero-order valence-electron chi connectivity index (χ0n) is 11.4. The van der Waals surface area contributed by atoms with Gasteiger partial charge in [-0.25, -0.2) is 8.78 Å². The number of nitrogens with two attached hydrogens (primary N) is 1. The first-order chi connectivity index (χ1) is 10.0. The summed E-state index contributed by atoms with van der Waals surface area (Å²) in [5.41, 5.74) is 5.63. The average molecular weight is 294 g/mol. The molecule has 0 aromatic heterocycles. The standard InChI is InChI=1S/C15H16F2N2O2/c16-11-5-9-10(6-12(11)17)15(21)19(14(9)20)13-4-2-1-3-8(13)7-18/h5-6,8,13H,1-4,7,18H2. The molecular weight excluding hydrogens is 278 g/mol. The molecule has 0 bridgehead atoms. The normalized spacial score (nSPS) is 25.4. The van der Waals surface area contributed by atoms with Crippen molar-refractivity contribution in [1.82, 2.24) is 4.90 Å². The Hall–Kier alpha value is -1.82. The maximum absolute atomic E-state index is 13.3. The van der Waals surface area contributed by atoms with Gasteiger partial charge in [-0.15, -0.1) is 0 Å². The predicted octanol–water partition coefficient (Wildman–Crippen LogP) is 2.08. The van der Waals surface area contributed by atoms with Crippen LogP contribution in [-0.4, -0.2) is 29.3 Å². The van der Waals surface area contributed by atoms with Crippen LogP contribution in [0.4, 0.5) is 8.78 Å². The van der Waals surface area contributed by atoms with Crippen molar-refractivity contribution in [2.24, 2.45) is 11.7 Å². The monoisotopic (exact) mass is 294 g/mol. The number of carbonyl (C=O) groups excluding carboxylic acids is 2. The van der Waals surface area contributed by atoms with Crippen molar-refractivity contribution in [3.8, 4) is 0 Å². The predicted molar refractivity (Wildman–Crippen MR) is 71.7 cm³/mol. The Kier molecular flexibility index (Phi) is 3.49. The molecular formula is C15H16F2N2O2. The molecule has 1 aromatic carbocycles. The molecule has 6 heteroatoms. The van der Waals surface area contributed by atoms with Gasteiger partial charge in [0.2, 0.25) is 0 Å². The third-order valence-electron chi connectivity index (χ3n) is 4.46. The third kappa shape index (κ3) is 2.14. The molecule has 2 atom stereocenters. The lowest BCUT2D eigenvalue weighted by Crippen LogP contribution is -2.47. The fourth-order valence-electron chi connectivity index (χ4n) is 3.36. The Labute approximate surface area is 120 Å². The van der Waals surface area contributed by atoms with E-state index in [2.05, 4.69) is 0 Å². The smallest absolute Gasteiger partial charge is 0.261 e. The topological polar surface area (TPSA) is 63.4 Å². The number of imide groups is 1. The number of fused-ring (bicyclic) bond motifs is 1. The van der Waals surface area contributed by atoms with Crippen LogP contribution in [0.15, 0.2) is 12.1 Å². The number of halogens is 2. The molecule has 1 fully saturated rings. The number of hydrogen-bond acceptors (Lipinski definition) is 3. The van der Waals surface area contributed by atoms with Crippen molar-refractivity contribution in [2.45, 2.75) is 31.7 Å². The molecule has 21 heavy (non-hydrogen) atoms. The van der Waals surface area contributed by atoms with E-state index in [0.717, 1.165) is 36.3 Å². The van der Waals surface area contributed by atoms with Crippen LogP contribution in [0.25, 0.3) is 0 Å². The van der Waals surface area contributed by atoms with Gasteiger partial charge in [-0.3, -0.25) is 14.5 Å². The quantitative estimate of drug-likeness (QED) is 0.849. The zero-order chi connectivity index (χ0) is 15.1. The summed E-state index contributed by atoms with van der Waals surface area (Å²) in [5, 5.41) is 0. The van der Waals surface area contributed by atoms with E-state index >= 15 is 0 Å². The molecule has 0 spiro atoms. The van der Waals surface area contributed by atoms with Crippen LogP contribution in [0.3, 0.4) is 0 Å². The SMILES string of the molecule is NCC1CCCCC1N1C(=O)c2cc(F)c(F)cc2C1=O. The molecule has 3 rings (SSSR count). The molecule has 2 aliphatic rings. The molecule has 0 radical (unpaired) electrons. The van der Waals surface area contributed by atoms with Gasteiger partial charge in [0, 0.05) is 6.04 Å². The van der Waals surface area contributed by atoms with Gasteiger partial charge in [0.05, 0.1) is 11.1 Å². The molecule has 1 saturated carbocycles. The lowest BCUT2D eigenvalue weighted by Gasteiger charge is -2.36. The lowest BCUT2D eigenvalue weighted by atomic mass is 9.83. The van der Waals surface area contributed by atoms with E-state index in [1.807, 2.05) is 0 Å². The molecule has 1 aliphatic carbocycles. The van der Waals surface area contributed by atoms with Gasteiger partial charge in [0.15, 0.2) is 11.6 Å². The highest BCUT2D eigenvalue weighted by Crippen LogP contribution is 2.34. The summed E-state index contributed by atoms with van der Waals surface area (Å²) >= 11 is 0. The minimum atomic E-state index is -1.12. The van der Waals surface area contributed by atoms with Crippen molar-refractivity contribution in [3.05, 3.63) is 34.9 Å². The van der Waals surface area contributed by atoms with Crippen molar-refractivity contribution >= 4 is 11.8 Å². The number of hydrogen-bond donors (Lipinski definition) is 1. The second kappa shape index (κ2) is 5.18. The first kappa shape index (κ1) is 14.1. The van der Waals surface area contributed by atoms with Gasteiger partial charge < -0.3 is 5.73 Å². The Bertz CT molecular complexity index is 577. The second-order valence-corrected chi connectivity index (χ2v) is 5.64. The van der Waals surface area contributed by atoms with Crippen LogP contribution in [0.2, 0.25) is 0 Å². The van der Waals surface area contributed by atoms with Crippen LogP contribution in [0.5, 0.6) is 0 Å².